The lowest BCUT2D eigenvalue weighted by atomic mass is 9.60. The SMILES string of the molecule is CC12C=CCC1[C@@]1(O)CCC3CCC(O)CC3(O)C(F)C1=CC2. The molecule has 23 heavy (non-hydrogen) atoms. The quantitative estimate of drug-likeness (QED) is 0.601. The van der Waals surface area contributed by atoms with Crippen LogP contribution in [0.1, 0.15) is 51.9 Å². The van der Waals surface area contributed by atoms with Gasteiger partial charge in [-0.15, -0.1) is 0 Å². The molecular formula is C19H27FO3. The number of hydrogen-bond donors (Lipinski definition) is 3. The zero-order valence-electron chi connectivity index (χ0n) is 13.7. The molecule has 0 aliphatic heterocycles. The summed E-state index contributed by atoms with van der Waals surface area (Å²) in [4.78, 5) is 0. The Morgan fingerprint density at radius 2 is 2.00 bits per heavy atom. The number of aliphatic hydroxyl groups is 3. The Morgan fingerprint density at radius 3 is 2.78 bits per heavy atom. The van der Waals surface area contributed by atoms with Crippen LogP contribution in [0.25, 0.3) is 0 Å². The number of allylic oxidation sites excluding steroid dienone is 3. The molecule has 2 fully saturated rings. The van der Waals surface area contributed by atoms with E-state index in [1.807, 2.05) is 6.08 Å². The standard InChI is InChI=1S/C19H27FO3/c1-17-8-2-3-15(17)18(22)10-6-12-4-5-13(21)11-19(12,23)16(20)14(18)7-9-17/h2,7-8,12-13,15-16,21-23H,3-6,9-11H2,1H3/t12?,13?,15?,16?,17?,18-,19?/m1/s1. The summed E-state index contributed by atoms with van der Waals surface area (Å²) in [6.45, 7) is 2.13. The largest absolute Gasteiger partial charge is 0.393 e. The lowest BCUT2D eigenvalue weighted by molar-refractivity contribution is -0.124. The molecule has 0 heterocycles. The first-order valence-corrected chi connectivity index (χ1v) is 8.95. The Hall–Kier alpha value is -0.710. The van der Waals surface area contributed by atoms with E-state index in [2.05, 4.69) is 19.1 Å². The van der Waals surface area contributed by atoms with Crippen molar-refractivity contribution in [3.8, 4) is 0 Å². The average Bonchev–Trinajstić information content (AvgIpc) is 2.86. The second-order valence-electron chi connectivity index (χ2n) is 8.51. The fourth-order valence-electron chi connectivity index (χ4n) is 5.82. The minimum absolute atomic E-state index is 0.0121. The summed E-state index contributed by atoms with van der Waals surface area (Å²) in [6, 6.07) is 0. The van der Waals surface area contributed by atoms with Gasteiger partial charge in [0, 0.05) is 12.3 Å². The number of hydrogen-bond acceptors (Lipinski definition) is 3. The molecule has 4 rings (SSSR count). The van der Waals surface area contributed by atoms with E-state index in [9.17, 15) is 15.3 Å². The van der Waals surface area contributed by atoms with E-state index in [0.29, 0.717) is 37.7 Å². The molecule has 0 bridgehead atoms. The smallest absolute Gasteiger partial charge is 0.153 e. The highest BCUT2D eigenvalue weighted by molar-refractivity contribution is 5.36. The van der Waals surface area contributed by atoms with Crippen molar-refractivity contribution in [1.29, 1.82) is 0 Å². The maximum atomic E-state index is 15.5. The molecule has 4 heteroatoms. The van der Waals surface area contributed by atoms with E-state index in [4.69, 9.17) is 0 Å². The first-order chi connectivity index (χ1) is 10.8. The molecule has 0 saturated heterocycles. The Balaban J connectivity index is 1.77. The summed E-state index contributed by atoms with van der Waals surface area (Å²) in [7, 11) is 0. The van der Waals surface area contributed by atoms with Crippen LogP contribution in [0.5, 0.6) is 0 Å². The van der Waals surface area contributed by atoms with Crippen LogP contribution in [0.3, 0.4) is 0 Å². The van der Waals surface area contributed by atoms with Gasteiger partial charge in [-0.1, -0.05) is 25.2 Å². The Kier molecular flexibility index (Phi) is 3.37. The van der Waals surface area contributed by atoms with E-state index in [1.54, 1.807) is 0 Å². The van der Waals surface area contributed by atoms with Crippen LogP contribution in [0.15, 0.2) is 23.8 Å². The van der Waals surface area contributed by atoms with Crippen molar-refractivity contribution in [3.05, 3.63) is 23.8 Å². The van der Waals surface area contributed by atoms with Crippen LogP contribution < -0.4 is 0 Å². The van der Waals surface area contributed by atoms with E-state index in [0.717, 1.165) is 6.42 Å². The zero-order chi connectivity index (χ0) is 16.5. The van der Waals surface area contributed by atoms with Gasteiger partial charge >= 0.3 is 0 Å². The Bertz CT molecular complexity index is 573. The highest BCUT2D eigenvalue weighted by Crippen LogP contribution is 2.59. The van der Waals surface area contributed by atoms with Gasteiger partial charge in [-0.05, 0) is 55.4 Å². The van der Waals surface area contributed by atoms with Crippen LogP contribution in [-0.2, 0) is 0 Å². The minimum Gasteiger partial charge on any atom is -0.393 e. The summed E-state index contributed by atoms with van der Waals surface area (Å²) in [5.74, 6) is -0.195. The number of alkyl halides is 1. The van der Waals surface area contributed by atoms with Gasteiger partial charge in [0.15, 0.2) is 6.17 Å². The third kappa shape index (κ3) is 2.04. The van der Waals surface area contributed by atoms with Crippen molar-refractivity contribution >= 4 is 0 Å². The molecule has 0 radical (unpaired) electrons. The minimum atomic E-state index is -1.58. The summed E-state index contributed by atoms with van der Waals surface area (Å²) in [5.41, 5.74) is -2.44. The number of aliphatic hydroxyl groups excluding tert-OH is 1. The second kappa shape index (κ2) is 4.90. The van der Waals surface area contributed by atoms with Gasteiger partial charge in [0.2, 0.25) is 0 Å². The molecule has 3 nitrogen and oxygen atoms in total. The van der Waals surface area contributed by atoms with Crippen molar-refractivity contribution in [2.24, 2.45) is 17.3 Å². The molecule has 0 aromatic heterocycles. The maximum Gasteiger partial charge on any atom is 0.153 e. The fraction of sp³-hybridized carbons (Fsp3) is 0.789. The second-order valence-corrected chi connectivity index (χ2v) is 8.51. The van der Waals surface area contributed by atoms with Crippen molar-refractivity contribution in [2.45, 2.75) is 75.3 Å². The molecule has 4 aliphatic carbocycles. The summed E-state index contributed by atoms with van der Waals surface area (Å²) >= 11 is 0. The monoisotopic (exact) mass is 322 g/mol. The molecule has 2 saturated carbocycles. The molecular weight excluding hydrogens is 295 g/mol. The predicted octanol–water partition coefficient (Wildman–Crippen LogP) is 2.65. The van der Waals surface area contributed by atoms with Crippen molar-refractivity contribution in [1.82, 2.24) is 0 Å². The summed E-state index contributed by atoms with van der Waals surface area (Å²) < 4.78 is 15.5. The molecule has 3 N–H and O–H groups in total. The molecule has 0 aromatic rings. The first kappa shape index (κ1) is 15.8. The van der Waals surface area contributed by atoms with Crippen LogP contribution in [0, 0.1) is 17.3 Å². The van der Waals surface area contributed by atoms with Crippen molar-refractivity contribution in [2.75, 3.05) is 0 Å². The zero-order valence-corrected chi connectivity index (χ0v) is 13.7. The number of halogens is 1. The van der Waals surface area contributed by atoms with Crippen molar-refractivity contribution in [3.63, 3.8) is 0 Å². The third-order valence-electron chi connectivity index (χ3n) is 7.21. The van der Waals surface area contributed by atoms with E-state index in [-0.39, 0.29) is 23.7 Å². The first-order valence-electron chi connectivity index (χ1n) is 8.95. The normalized spacial score (nSPS) is 55.4. The van der Waals surface area contributed by atoms with Gasteiger partial charge in [0.1, 0.15) is 5.60 Å². The fourth-order valence-corrected chi connectivity index (χ4v) is 5.82. The molecule has 6 unspecified atom stereocenters. The average molecular weight is 322 g/mol. The van der Waals surface area contributed by atoms with Crippen LogP contribution in [-0.4, -0.2) is 38.8 Å². The summed E-state index contributed by atoms with van der Waals surface area (Å²) in [5, 5.41) is 32.5. The van der Waals surface area contributed by atoms with Gasteiger partial charge in [-0.25, -0.2) is 4.39 Å². The lowest BCUT2D eigenvalue weighted by Crippen LogP contribution is -2.55. The van der Waals surface area contributed by atoms with Crippen LogP contribution in [0.4, 0.5) is 4.39 Å². The topological polar surface area (TPSA) is 60.7 Å². The van der Waals surface area contributed by atoms with Gasteiger partial charge in [0.25, 0.3) is 0 Å². The van der Waals surface area contributed by atoms with E-state index >= 15 is 4.39 Å². The molecule has 0 amide bonds. The van der Waals surface area contributed by atoms with Crippen LogP contribution >= 0.6 is 0 Å². The van der Waals surface area contributed by atoms with Gasteiger partial charge in [-0.3, -0.25) is 0 Å². The maximum absolute atomic E-state index is 15.5. The van der Waals surface area contributed by atoms with Gasteiger partial charge < -0.3 is 15.3 Å². The summed E-state index contributed by atoms with van der Waals surface area (Å²) in [6.07, 6.45) is 7.76. The lowest BCUT2D eigenvalue weighted by Gasteiger charge is -2.49. The molecule has 7 atom stereocenters. The third-order valence-corrected chi connectivity index (χ3v) is 7.21. The predicted molar refractivity (Wildman–Crippen MR) is 85.4 cm³/mol. The van der Waals surface area contributed by atoms with E-state index in [1.165, 1.54) is 0 Å². The highest BCUT2D eigenvalue weighted by Gasteiger charge is 2.61. The molecule has 128 valence electrons. The molecule has 4 aliphatic rings. The Morgan fingerprint density at radius 1 is 1.22 bits per heavy atom. The molecule has 0 aromatic carbocycles. The molecule has 0 spiro atoms. The number of rotatable bonds is 0. The van der Waals surface area contributed by atoms with Crippen LogP contribution in [0.2, 0.25) is 0 Å². The van der Waals surface area contributed by atoms with Gasteiger partial charge in [0.05, 0.1) is 11.7 Å². The van der Waals surface area contributed by atoms with Gasteiger partial charge in [-0.2, -0.15) is 0 Å². The highest BCUT2D eigenvalue weighted by atomic mass is 19.1. The Labute approximate surface area is 136 Å². The van der Waals surface area contributed by atoms with Crippen molar-refractivity contribution < 1.29 is 19.7 Å². The van der Waals surface area contributed by atoms with E-state index < -0.39 is 23.5 Å². The number of fused-ring (bicyclic) bond motifs is 4.